The van der Waals surface area contributed by atoms with Gasteiger partial charge in [-0.3, -0.25) is 0 Å². The summed E-state index contributed by atoms with van der Waals surface area (Å²) in [5.41, 5.74) is 2.83. The van der Waals surface area contributed by atoms with Gasteiger partial charge in [-0.1, -0.05) is 24.3 Å². The quantitative estimate of drug-likeness (QED) is 0.521. The summed E-state index contributed by atoms with van der Waals surface area (Å²) in [6, 6.07) is 8.55. The third-order valence-electron chi connectivity index (χ3n) is 2.13. The van der Waals surface area contributed by atoms with E-state index < -0.39 is 0 Å². The molecule has 0 saturated carbocycles. The maximum absolute atomic E-state index is 5.19. The fourth-order valence-electron chi connectivity index (χ4n) is 1.23. The lowest BCUT2D eigenvalue weighted by atomic mass is 10.1. The lowest BCUT2D eigenvalue weighted by Crippen LogP contribution is -1.87. The molecule has 0 amide bonds. The molecule has 0 nitrogen and oxygen atoms in total. The first-order valence-corrected chi connectivity index (χ1v) is 6.06. The van der Waals surface area contributed by atoms with E-state index in [2.05, 4.69) is 37.1 Å². The Morgan fingerprint density at radius 3 is 2.86 bits per heavy atom. The van der Waals surface area contributed by atoms with Crippen molar-refractivity contribution in [2.45, 2.75) is 25.5 Å². The first-order valence-electron chi connectivity index (χ1n) is 4.90. The highest BCUT2D eigenvalue weighted by Crippen LogP contribution is 2.16. The SMILES string of the molecule is C#CCCCSCc1ccccc1C. The van der Waals surface area contributed by atoms with Gasteiger partial charge >= 0.3 is 0 Å². The molecule has 0 N–H and O–H groups in total. The van der Waals surface area contributed by atoms with E-state index in [1.807, 2.05) is 11.8 Å². The first kappa shape index (κ1) is 11.2. The molecule has 0 bridgehead atoms. The van der Waals surface area contributed by atoms with Crippen LogP contribution in [0.1, 0.15) is 24.0 Å². The van der Waals surface area contributed by atoms with Crippen LogP contribution in [0, 0.1) is 19.3 Å². The Hall–Kier alpha value is -0.870. The summed E-state index contributed by atoms with van der Waals surface area (Å²) < 4.78 is 0. The molecule has 0 spiro atoms. The van der Waals surface area contributed by atoms with E-state index >= 15 is 0 Å². The van der Waals surface area contributed by atoms with Gasteiger partial charge in [0, 0.05) is 12.2 Å². The summed E-state index contributed by atoms with van der Waals surface area (Å²) in [5, 5.41) is 0. The molecular weight excluding hydrogens is 188 g/mol. The number of rotatable bonds is 5. The molecule has 1 rings (SSSR count). The lowest BCUT2D eigenvalue weighted by molar-refractivity contribution is 0.997. The summed E-state index contributed by atoms with van der Waals surface area (Å²) in [5.74, 6) is 4.94. The molecule has 0 unspecified atom stereocenters. The van der Waals surface area contributed by atoms with E-state index in [1.54, 1.807) is 0 Å². The number of benzene rings is 1. The Morgan fingerprint density at radius 1 is 1.36 bits per heavy atom. The van der Waals surface area contributed by atoms with Gasteiger partial charge in [0.2, 0.25) is 0 Å². The third-order valence-corrected chi connectivity index (χ3v) is 3.22. The minimum atomic E-state index is 0.904. The van der Waals surface area contributed by atoms with Crippen LogP contribution in [-0.2, 0) is 5.75 Å². The smallest absolute Gasteiger partial charge is 0.0187 e. The Kier molecular flexibility index (Phi) is 5.25. The van der Waals surface area contributed by atoms with Crippen molar-refractivity contribution >= 4 is 11.8 Å². The zero-order valence-electron chi connectivity index (χ0n) is 8.62. The van der Waals surface area contributed by atoms with Crippen LogP contribution in [0.2, 0.25) is 0 Å². The van der Waals surface area contributed by atoms with E-state index in [9.17, 15) is 0 Å². The molecule has 0 radical (unpaired) electrons. The minimum Gasteiger partial charge on any atom is -0.157 e. The highest BCUT2D eigenvalue weighted by Gasteiger charge is 1.96. The molecule has 14 heavy (non-hydrogen) atoms. The number of terminal acetylenes is 1. The van der Waals surface area contributed by atoms with Crippen molar-refractivity contribution in [3.8, 4) is 12.3 Å². The second-order valence-corrected chi connectivity index (χ2v) is 4.39. The number of thioether (sulfide) groups is 1. The predicted octanol–water partition coefficient (Wildman–Crippen LogP) is 3.64. The van der Waals surface area contributed by atoms with Crippen LogP contribution >= 0.6 is 11.8 Å². The van der Waals surface area contributed by atoms with Crippen LogP contribution < -0.4 is 0 Å². The number of unbranched alkanes of at least 4 members (excludes halogenated alkanes) is 1. The number of hydrogen-bond acceptors (Lipinski definition) is 1. The Labute approximate surface area is 91.1 Å². The maximum atomic E-state index is 5.19. The average molecular weight is 204 g/mol. The van der Waals surface area contributed by atoms with Crippen molar-refractivity contribution in [3.05, 3.63) is 35.4 Å². The third kappa shape index (κ3) is 3.89. The van der Waals surface area contributed by atoms with E-state index in [1.165, 1.54) is 16.9 Å². The molecule has 0 aliphatic carbocycles. The van der Waals surface area contributed by atoms with Gasteiger partial charge in [-0.15, -0.1) is 12.3 Å². The summed E-state index contributed by atoms with van der Waals surface area (Å²) >= 11 is 1.96. The second kappa shape index (κ2) is 6.56. The molecule has 1 aromatic rings. The Balaban J connectivity index is 2.25. The van der Waals surface area contributed by atoms with Gasteiger partial charge in [0.05, 0.1) is 0 Å². The molecule has 0 fully saturated rings. The first-order chi connectivity index (χ1) is 6.84. The molecule has 0 aliphatic rings. The Morgan fingerprint density at radius 2 is 2.14 bits per heavy atom. The van der Waals surface area contributed by atoms with Crippen molar-refractivity contribution in [2.24, 2.45) is 0 Å². The van der Waals surface area contributed by atoms with E-state index in [0.717, 1.165) is 18.6 Å². The lowest BCUT2D eigenvalue weighted by Gasteiger charge is -2.04. The fraction of sp³-hybridized carbons (Fsp3) is 0.385. The van der Waals surface area contributed by atoms with Crippen LogP contribution in [0.5, 0.6) is 0 Å². The van der Waals surface area contributed by atoms with E-state index in [0.29, 0.717) is 0 Å². The van der Waals surface area contributed by atoms with Crippen molar-refractivity contribution in [1.29, 1.82) is 0 Å². The summed E-state index contributed by atoms with van der Waals surface area (Å²) in [6.07, 6.45) is 7.22. The molecule has 1 aromatic carbocycles. The van der Waals surface area contributed by atoms with Crippen LogP contribution in [0.3, 0.4) is 0 Å². The van der Waals surface area contributed by atoms with Gasteiger partial charge in [-0.2, -0.15) is 11.8 Å². The molecule has 1 heteroatoms. The standard InChI is InChI=1S/C13H16S/c1-3-4-7-10-14-11-13-9-6-5-8-12(13)2/h1,5-6,8-9H,4,7,10-11H2,2H3. The highest BCUT2D eigenvalue weighted by molar-refractivity contribution is 7.98. The number of hydrogen-bond donors (Lipinski definition) is 0. The van der Waals surface area contributed by atoms with Crippen LogP contribution in [0.25, 0.3) is 0 Å². The van der Waals surface area contributed by atoms with Crippen LogP contribution in [0.15, 0.2) is 24.3 Å². The van der Waals surface area contributed by atoms with Crippen molar-refractivity contribution in [1.82, 2.24) is 0 Å². The second-order valence-electron chi connectivity index (χ2n) is 3.29. The normalized spacial score (nSPS) is 9.71. The van der Waals surface area contributed by atoms with Crippen molar-refractivity contribution < 1.29 is 0 Å². The van der Waals surface area contributed by atoms with Gasteiger partial charge in [0.15, 0.2) is 0 Å². The van der Waals surface area contributed by atoms with Crippen LogP contribution in [-0.4, -0.2) is 5.75 Å². The summed E-state index contributed by atoms with van der Waals surface area (Å²) in [7, 11) is 0. The number of aryl methyl sites for hydroxylation is 1. The molecule has 0 saturated heterocycles. The van der Waals surface area contributed by atoms with Crippen LogP contribution in [0.4, 0.5) is 0 Å². The summed E-state index contributed by atoms with van der Waals surface area (Å²) in [4.78, 5) is 0. The van der Waals surface area contributed by atoms with Gasteiger partial charge in [-0.25, -0.2) is 0 Å². The molecule has 0 heterocycles. The van der Waals surface area contributed by atoms with Crippen molar-refractivity contribution in [2.75, 3.05) is 5.75 Å². The molecule has 0 atom stereocenters. The monoisotopic (exact) mass is 204 g/mol. The fourth-order valence-corrected chi connectivity index (χ4v) is 2.27. The van der Waals surface area contributed by atoms with E-state index in [-0.39, 0.29) is 0 Å². The summed E-state index contributed by atoms with van der Waals surface area (Å²) in [6.45, 7) is 2.16. The largest absolute Gasteiger partial charge is 0.157 e. The highest BCUT2D eigenvalue weighted by atomic mass is 32.2. The zero-order valence-corrected chi connectivity index (χ0v) is 9.44. The van der Waals surface area contributed by atoms with Gasteiger partial charge in [0.25, 0.3) is 0 Å². The molecule has 0 aromatic heterocycles. The molecule has 0 aliphatic heterocycles. The molecular formula is C13H16S. The van der Waals surface area contributed by atoms with Gasteiger partial charge < -0.3 is 0 Å². The maximum Gasteiger partial charge on any atom is 0.0187 e. The zero-order chi connectivity index (χ0) is 10.2. The van der Waals surface area contributed by atoms with E-state index in [4.69, 9.17) is 6.42 Å². The van der Waals surface area contributed by atoms with Gasteiger partial charge in [0.1, 0.15) is 0 Å². The molecule has 74 valence electrons. The average Bonchev–Trinajstić information content (AvgIpc) is 2.20. The Bertz CT molecular complexity index is 309. The topological polar surface area (TPSA) is 0 Å². The predicted molar refractivity (Wildman–Crippen MR) is 65.4 cm³/mol. The van der Waals surface area contributed by atoms with Crippen molar-refractivity contribution in [3.63, 3.8) is 0 Å². The minimum absolute atomic E-state index is 0.904. The van der Waals surface area contributed by atoms with Gasteiger partial charge in [-0.05, 0) is 30.2 Å².